The van der Waals surface area contributed by atoms with E-state index < -0.39 is 0 Å². The van der Waals surface area contributed by atoms with Crippen molar-refractivity contribution < 1.29 is 4.79 Å². The molecule has 0 unspecified atom stereocenters. The lowest BCUT2D eigenvalue weighted by molar-refractivity contribution is 0.0681. The Morgan fingerprint density at radius 2 is 1.88 bits per heavy atom. The third-order valence-electron chi connectivity index (χ3n) is 3.89. The van der Waals surface area contributed by atoms with Gasteiger partial charge in [-0.15, -0.1) is 0 Å². The maximum absolute atomic E-state index is 12.9. The Labute approximate surface area is 142 Å². The highest BCUT2D eigenvalue weighted by molar-refractivity contribution is 5.92. The van der Waals surface area contributed by atoms with Crippen LogP contribution in [0.3, 0.4) is 0 Å². The second-order valence-corrected chi connectivity index (χ2v) is 6.15. The monoisotopic (exact) mass is 327 g/mol. The Morgan fingerprint density at radius 1 is 1.17 bits per heavy atom. The van der Waals surface area contributed by atoms with Crippen molar-refractivity contribution in [1.82, 2.24) is 14.7 Å². The summed E-state index contributed by atoms with van der Waals surface area (Å²) >= 11 is 0. The average molecular weight is 327 g/mol. The first-order chi connectivity index (χ1) is 11.5. The Bertz CT molecular complexity index is 723. The van der Waals surface area contributed by atoms with Crippen molar-refractivity contribution in [2.75, 3.05) is 0 Å². The van der Waals surface area contributed by atoms with Gasteiger partial charge in [-0.3, -0.25) is 9.59 Å². The standard InChI is InChI=1S/C19H25N3O2/c1-4-5-13-22-18(23)12-11-17(20-22)19(24)21(15(2)3)14-16-9-7-6-8-10-16/h6-12,15H,4-5,13-14H2,1-3H3. The Kier molecular flexibility index (Phi) is 6.29. The molecule has 0 N–H and O–H groups in total. The molecule has 1 aromatic heterocycles. The summed E-state index contributed by atoms with van der Waals surface area (Å²) in [4.78, 5) is 26.5. The number of nitrogens with zero attached hydrogens (tertiary/aromatic N) is 3. The number of hydrogen-bond donors (Lipinski definition) is 0. The number of hydrogen-bond acceptors (Lipinski definition) is 3. The smallest absolute Gasteiger partial charge is 0.274 e. The van der Waals surface area contributed by atoms with Gasteiger partial charge in [-0.1, -0.05) is 43.7 Å². The van der Waals surface area contributed by atoms with E-state index in [-0.39, 0.29) is 17.5 Å². The van der Waals surface area contributed by atoms with E-state index in [4.69, 9.17) is 0 Å². The SMILES string of the molecule is CCCCn1nc(C(=O)N(Cc2ccccc2)C(C)C)ccc1=O. The summed E-state index contributed by atoms with van der Waals surface area (Å²) in [6, 6.07) is 12.9. The lowest BCUT2D eigenvalue weighted by atomic mass is 10.1. The van der Waals surface area contributed by atoms with Gasteiger partial charge in [0.1, 0.15) is 5.69 Å². The van der Waals surface area contributed by atoms with Crippen molar-refractivity contribution in [3.63, 3.8) is 0 Å². The maximum atomic E-state index is 12.9. The van der Waals surface area contributed by atoms with Gasteiger partial charge in [0.25, 0.3) is 11.5 Å². The molecule has 5 heteroatoms. The van der Waals surface area contributed by atoms with Crippen LogP contribution in [-0.2, 0) is 13.1 Å². The van der Waals surface area contributed by atoms with Gasteiger partial charge in [0, 0.05) is 25.2 Å². The van der Waals surface area contributed by atoms with Crippen molar-refractivity contribution in [1.29, 1.82) is 0 Å². The fraction of sp³-hybridized carbons (Fsp3) is 0.421. The number of carbonyl (C=O) groups excluding carboxylic acids is 1. The highest BCUT2D eigenvalue weighted by Gasteiger charge is 2.21. The molecule has 0 fully saturated rings. The van der Waals surface area contributed by atoms with Gasteiger partial charge in [-0.05, 0) is 31.9 Å². The van der Waals surface area contributed by atoms with E-state index in [1.165, 1.54) is 16.8 Å². The number of aromatic nitrogens is 2. The molecule has 0 spiro atoms. The average Bonchev–Trinajstić information content (AvgIpc) is 2.59. The van der Waals surface area contributed by atoms with Crippen LogP contribution in [0.25, 0.3) is 0 Å². The Morgan fingerprint density at radius 3 is 2.50 bits per heavy atom. The van der Waals surface area contributed by atoms with Crippen LogP contribution in [0.5, 0.6) is 0 Å². The first-order valence-corrected chi connectivity index (χ1v) is 8.46. The van der Waals surface area contributed by atoms with Crippen LogP contribution >= 0.6 is 0 Å². The number of rotatable bonds is 7. The lowest BCUT2D eigenvalue weighted by Crippen LogP contribution is -2.38. The second kappa shape index (κ2) is 8.43. The van der Waals surface area contributed by atoms with Gasteiger partial charge in [0.15, 0.2) is 0 Å². The zero-order valence-corrected chi connectivity index (χ0v) is 14.6. The third kappa shape index (κ3) is 4.54. The number of unbranched alkanes of at least 4 members (excludes halogenated alkanes) is 1. The van der Waals surface area contributed by atoms with Crippen LogP contribution < -0.4 is 5.56 Å². The Balaban J connectivity index is 2.25. The Hall–Kier alpha value is -2.43. The fourth-order valence-electron chi connectivity index (χ4n) is 2.45. The lowest BCUT2D eigenvalue weighted by Gasteiger charge is -2.26. The van der Waals surface area contributed by atoms with Crippen LogP contribution in [0.4, 0.5) is 0 Å². The van der Waals surface area contributed by atoms with Crippen molar-refractivity contribution in [2.24, 2.45) is 0 Å². The zero-order valence-electron chi connectivity index (χ0n) is 14.6. The molecule has 128 valence electrons. The molecular weight excluding hydrogens is 302 g/mol. The maximum Gasteiger partial charge on any atom is 0.274 e. The fourth-order valence-corrected chi connectivity index (χ4v) is 2.45. The summed E-state index contributed by atoms with van der Waals surface area (Å²) in [6.45, 7) is 7.08. The van der Waals surface area contributed by atoms with Crippen LogP contribution in [0.2, 0.25) is 0 Å². The molecule has 5 nitrogen and oxygen atoms in total. The number of amides is 1. The molecule has 0 saturated heterocycles. The van der Waals surface area contributed by atoms with E-state index in [1.54, 1.807) is 4.90 Å². The van der Waals surface area contributed by atoms with Crippen molar-refractivity contribution in [3.8, 4) is 0 Å². The number of benzene rings is 1. The van der Waals surface area contributed by atoms with Crippen molar-refractivity contribution in [2.45, 2.75) is 52.7 Å². The molecule has 1 amide bonds. The van der Waals surface area contributed by atoms with Gasteiger partial charge in [-0.25, -0.2) is 4.68 Å². The van der Waals surface area contributed by atoms with E-state index in [2.05, 4.69) is 12.0 Å². The van der Waals surface area contributed by atoms with Crippen LogP contribution in [0.1, 0.15) is 49.7 Å². The molecule has 0 aliphatic rings. The normalized spacial score (nSPS) is 10.8. The molecule has 2 rings (SSSR count). The van der Waals surface area contributed by atoms with Gasteiger partial charge >= 0.3 is 0 Å². The predicted molar refractivity (Wildman–Crippen MR) is 94.9 cm³/mol. The molecule has 0 atom stereocenters. The van der Waals surface area contributed by atoms with Gasteiger partial charge in [0.2, 0.25) is 0 Å². The summed E-state index contributed by atoms with van der Waals surface area (Å²) in [6.07, 6.45) is 1.83. The van der Waals surface area contributed by atoms with E-state index >= 15 is 0 Å². The largest absolute Gasteiger partial charge is 0.331 e. The number of aryl methyl sites for hydroxylation is 1. The van der Waals surface area contributed by atoms with Gasteiger partial charge in [0.05, 0.1) is 0 Å². The van der Waals surface area contributed by atoms with Gasteiger partial charge < -0.3 is 4.90 Å². The highest BCUT2D eigenvalue weighted by Crippen LogP contribution is 2.11. The van der Waals surface area contributed by atoms with Crippen molar-refractivity contribution >= 4 is 5.91 Å². The van der Waals surface area contributed by atoms with Crippen LogP contribution in [-0.4, -0.2) is 26.6 Å². The summed E-state index contributed by atoms with van der Waals surface area (Å²) in [5.74, 6) is -0.154. The zero-order chi connectivity index (χ0) is 17.5. The minimum absolute atomic E-state index is 0.0375. The minimum Gasteiger partial charge on any atom is -0.331 e. The summed E-state index contributed by atoms with van der Waals surface area (Å²) in [5, 5.41) is 4.27. The molecule has 1 heterocycles. The first-order valence-electron chi connectivity index (χ1n) is 8.46. The molecule has 0 aliphatic carbocycles. The molecule has 0 radical (unpaired) electrons. The molecule has 0 saturated carbocycles. The van der Waals surface area contributed by atoms with E-state index in [0.717, 1.165) is 18.4 Å². The van der Waals surface area contributed by atoms with E-state index in [9.17, 15) is 9.59 Å². The molecule has 0 aliphatic heterocycles. The third-order valence-corrected chi connectivity index (χ3v) is 3.89. The second-order valence-electron chi connectivity index (χ2n) is 6.15. The summed E-state index contributed by atoms with van der Waals surface area (Å²) in [5.41, 5.74) is 1.22. The van der Waals surface area contributed by atoms with Gasteiger partial charge in [-0.2, -0.15) is 5.10 Å². The van der Waals surface area contributed by atoms with Crippen LogP contribution in [0, 0.1) is 0 Å². The predicted octanol–water partition coefficient (Wildman–Crippen LogP) is 3.09. The quantitative estimate of drug-likeness (QED) is 0.785. The molecular formula is C19H25N3O2. The van der Waals surface area contributed by atoms with Crippen LogP contribution in [0.15, 0.2) is 47.3 Å². The minimum atomic E-state index is -0.167. The molecule has 0 bridgehead atoms. The summed E-state index contributed by atoms with van der Waals surface area (Å²) in [7, 11) is 0. The van der Waals surface area contributed by atoms with E-state index in [0.29, 0.717) is 18.8 Å². The number of carbonyl (C=O) groups is 1. The highest BCUT2D eigenvalue weighted by atomic mass is 16.2. The van der Waals surface area contributed by atoms with Crippen molar-refractivity contribution in [3.05, 3.63) is 64.1 Å². The molecule has 24 heavy (non-hydrogen) atoms. The summed E-state index contributed by atoms with van der Waals surface area (Å²) < 4.78 is 1.39. The topological polar surface area (TPSA) is 55.2 Å². The first kappa shape index (κ1) is 17.9. The van der Waals surface area contributed by atoms with E-state index in [1.807, 2.05) is 44.2 Å². The molecule has 1 aromatic carbocycles. The molecule has 2 aromatic rings.